The summed E-state index contributed by atoms with van der Waals surface area (Å²) < 4.78 is 1.98. The normalized spacial score (nSPS) is 40.1. The van der Waals surface area contributed by atoms with Crippen LogP contribution in [0.4, 0.5) is 0 Å². The molecule has 3 rings (SSSR count). The van der Waals surface area contributed by atoms with Crippen molar-refractivity contribution in [2.75, 3.05) is 52.4 Å². The van der Waals surface area contributed by atoms with Gasteiger partial charge in [0.15, 0.2) is 13.1 Å². The lowest BCUT2D eigenvalue weighted by molar-refractivity contribution is -1.07. The van der Waals surface area contributed by atoms with Gasteiger partial charge in [-0.3, -0.25) is 8.97 Å². The summed E-state index contributed by atoms with van der Waals surface area (Å²) in [6.45, 7) is 7.87. The Bertz CT molecular complexity index is 253. The van der Waals surface area contributed by atoms with Crippen LogP contribution in [-0.4, -0.2) is 61.3 Å². The Morgan fingerprint density at radius 3 is 1.21 bits per heavy atom. The fraction of sp³-hybridized carbons (Fsp3) is 0.800. The topological polar surface area (TPSA) is 47.6 Å². The van der Waals surface area contributed by atoms with E-state index in [1.807, 2.05) is 0 Å². The summed E-state index contributed by atoms with van der Waals surface area (Å²) in [6, 6.07) is 4.60. The van der Waals surface area contributed by atoms with E-state index in [0.717, 1.165) is 48.2 Å². The molecule has 0 radical (unpaired) electrons. The maximum Gasteiger partial charge on any atom is 0.167 e. The van der Waals surface area contributed by atoms with Crippen LogP contribution < -0.4 is 0 Å². The van der Waals surface area contributed by atoms with Gasteiger partial charge >= 0.3 is 0 Å². The van der Waals surface area contributed by atoms with Crippen molar-refractivity contribution in [2.24, 2.45) is 0 Å². The Hall–Kier alpha value is -1.10. The molecule has 3 aliphatic rings. The molecule has 0 aliphatic carbocycles. The van der Waals surface area contributed by atoms with Gasteiger partial charge in [-0.05, 0) is 0 Å². The molecule has 74 valence electrons. The number of rotatable bonds is 2. The van der Waals surface area contributed by atoms with E-state index in [1.165, 1.54) is 0 Å². The first-order valence-electron chi connectivity index (χ1n) is 5.18. The monoisotopic (exact) mass is 192 g/mol. The highest BCUT2D eigenvalue weighted by atomic mass is 15.5. The molecule has 3 aliphatic heterocycles. The summed E-state index contributed by atoms with van der Waals surface area (Å²) in [6.07, 6.45) is 0. The van der Waals surface area contributed by atoms with Crippen LogP contribution >= 0.6 is 0 Å². The van der Waals surface area contributed by atoms with E-state index in [9.17, 15) is 0 Å². The molecule has 0 saturated carbocycles. The molecule has 0 atom stereocenters. The third-order valence-electron chi connectivity index (χ3n) is 3.96. The second-order valence-electron chi connectivity index (χ2n) is 4.66. The van der Waals surface area contributed by atoms with Crippen molar-refractivity contribution in [2.45, 2.75) is 0 Å². The van der Waals surface area contributed by atoms with Crippen LogP contribution in [0.25, 0.3) is 0 Å². The maximum atomic E-state index is 8.78. The minimum Gasteiger partial charge on any atom is -0.298 e. The van der Waals surface area contributed by atoms with E-state index in [-0.39, 0.29) is 0 Å². The number of hydrogen-bond donors (Lipinski definition) is 0. The van der Waals surface area contributed by atoms with Gasteiger partial charge in [0.1, 0.15) is 51.4 Å². The highest BCUT2D eigenvalue weighted by Crippen LogP contribution is 2.25. The van der Waals surface area contributed by atoms with Crippen molar-refractivity contribution in [3.8, 4) is 12.1 Å². The molecule has 0 aromatic carbocycles. The summed E-state index contributed by atoms with van der Waals surface area (Å²) in [5, 5.41) is 17.6. The largest absolute Gasteiger partial charge is 0.298 e. The fourth-order valence-corrected chi connectivity index (χ4v) is 2.72. The van der Waals surface area contributed by atoms with Gasteiger partial charge in [0.05, 0.1) is 0 Å². The molecule has 3 heterocycles. The van der Waals surface area contributed by atoms with Crippen molar-refractivity contribution in [1.82, 2.24) is 0 Å². The van der Waals surface area contributed by atoms with Crippen molar-refractivity contribution in [3.05, 3.63) is 0 Å². The van der Waals surface area contributed by atoms with Gasteiger partial charge in [0, 0.05) is 0 Å². The molecular weight excluding hydrogens is 176 g/mol. The second-order valence-corrected chi connectivity index (χ2v) is 4.66. The molecule has 2 bridgehead atoms. The van der Waals surface area contributed by atoms with Gasteiger partial charge in [0.25, 0.3) is 0 Å². The molecule has 0 aromatic heterocycles. The molecular formula is C10H16N4+2. The third-order valence-corrected chi connectivity index (χ3v) is 3.96. The van der Waals surface area contributed by atoms with Gasteiger partial charge < -0.3 is 0 Å². The van der Waals surface area contributed by atoms with Gasteiger partial charge in [-0.15, -0.1) is 0 Å². The highest BCUT2D eigenvalue weighted by Gasteiger charge is 2.48. The first-order chi connectivity index (χ1) is 6.74. The van der Waals surface area contributed by atoms with Gasteiger partial charge in [0.2, 0.25) is 0 Å². The standard InChI is InChI=1S/C10H16N4/c11-1-3-13-5-8-14(4-2-12,9-6-13)10-7-13/h3-10H2/q+2. The van der Waals surface area contributed by atoms with Crippen LogP contribution in [0.1, 0.15) is 0 Å². The van der Waals surface area contributed by atoms with Crippen LogP contribution in [-0.2, 0) is 0 Å². The Labute approximate surface area is 84.7 Å². The zero-order valence-electron chi connectivity index (χ0n) is 8.45. The molecule has 0 amide bonds. The fourth-order valence-electron chi connectivity index (χ4n) is 2.72. The second kappa shape index (κ2) is 3.24. The number of quaternary nitrogens is 2. The van der Waals surface area contributed by atoms with E-state index in [2.05, 4.69) is 12.1 Å². The van der Waals surface area contributed by atoms with Crippen LogP contribution in [0.15, 0.2) is 0 Å². The van der Waals surface area contributed by atoms with Gasteiger partial charge in [-0.1, -0.05) is 0 Å². The minimum absolute atomic E-state index is 0.659. The summed E-state index contributed by atoms with van der Waals surface area (Å²) in [4.78, 5) is 0. The number of piperazine rings is 3. The third kappa shape index (κ3) is 1.37. The Kier molecular flexibility index (Phi) is 2.19. The number of fused-ring (bicyclic) bond motifs is 3. The molecule has 3 saturated heterocycles. The predicted octanol–water partition coefficient (Wildman–Crippen LogP) is -0.306. The first-order valence-corrected chi connectivity index (χ1v) is 5.18. The summed E-state index contributed by atoms with van der Waals surface area (Å²) in [7, 11) is 0. The Morgan fingerprint density at radius 2 is 1.00 bits per heavy atom. The Morgan fingerprint density at radius 1 is 0.714 bits per heavy atom. The van der Waals surface area contributed by atoms with Gasteiger partial charge in [-0.2, -0.15) is 10.5 Å². The average molecular weight is 192 g/mol. The molecule has 14 heavy (non-hydrogen) atoms. The molecule has 0 N–H and O–H groups in total. The summed E-state index contributed by atoms with van der Waals surface area (Å²) in [5.74, 6) is 0. The average Bonchev–Trinajstić information content (AvgIpc) is 2.22. The Balaban J connectivity index is 2.07. The summed E-state index contributed by atoms with van der Waals surface area (Å²) >= 11 is 0. The first kappa shape index (κ1) is 9.45. The lowest BCUT2D eigenvalue weighted by Crippen LogP contribution is -2.74. The quantitative estimate of drug-likeness (QED) is 0.445. The lowest BCUT2D eigenvalue weighted by Gasteiger charge is -2.53. The van der Waals surface area contributed by atoms with E-state index < -0.39 is 0 Å². The van der Waals surface area contributed by atoms with E-state index in [4.69, 9.17) is 10.5 Å². The van der Waals surface area contributed by atoms with Crippen molar-refractivity contribution >= 4 is 0 Å². The number of nitriles is 2. The SMILES string of the molecule is N#CC[N+]12CC[N+](CC#N)(CC1)CC2. The van der Waals surface area contributed by atoms with Crippen molar-refractivity contribution in [1.29, 1.82) is 10.5 Å². The smallest absolute Gasteiger partial charge is 0.167 e. The van der Waals surface area contributed by atoms with Crippen LogP contribution in [0.3, 0.4) is 0 Å². The summed E-state index contributed by atoms with van der Waals surface area (Å²) in [5.41, 5.74) is 0. The maximum absolute atomic E-state index is 8.78. The molecule has 0 spiro atoms. The zero-order chi connectivity index (χ0) is 10.1. The van der Waals surface area contributed by atoms with E-state index in [1.54, 1.807) is 0 Å². The molecule has 4 nitrogen and oxygen atoms in total. The van der Waals surface area contributed by atoms with Crippen LogP contribution in [0, 0.1) is 22.7 Å². The zero-order valence-corrected chi connectivity index (χ0v) is 8.45. The molecule has 0 unspecified atom stereocenters. The van der Waals surface area contributed by atoms with Crippen LogP contribution in [0.2, 0.25) is 0 Å². The van der Waals surface area contributed by atoms with Crippen molar-refractivity contribution < 1.29 is 8.97 Å². The lowest BCUT2D eigenvalue weighted by atomic mass is 10.1. The minimum atomic E-state index is 0.659. The number of nitrogens with zero attached hydrogens (tertiary/aromatic N) is 4. The highest BCUT2D eigenvalue weighted by molar-refractivity contribution is 4.76. The van der Waals surface area contributed by atoms with Crippen LogP contribution in [0.5, 0.6) is 0 Å². The molecule has 0 aromatic rings. The van der Waals surface area contributed by atoms with E-state index >= 15 is 0 Å². The predicted molar refractivity (Wildman–Crippen MR) is 50.7 cm³/mol. The van der Waals surface area contributed by atoms with Crippen molar-refractivity contribution in [3.63, 3.8) is 0 Å². The molecule has 3 fully saturated rings. The molecule has 4 heteroatoms. The van der Waals surface area contributed by atoms with E-state index in [0.29, 0.717) is 13.1 Å². The van der Waals surface area contributed by atoms with Gasteiger partial charge in [-0.25, -0.2) is 0 Å². The number of hydrogen-bond acceptors (Lipinski definition) is 2.